The summed E-state index contributed by atoms with van der Waals surface area (Å²) in [6.45, 7) is -0.157. The monoisotopic (exact) mass is 309 g/mol. The summed E-state index contributed by atoms with van der Waals surface area (Å²) in [5.41, 5.74) is 0.206. The highest BCUT2D eigenvalue weighted by Gasteiger charge is 2.33. The Labute approximate surface area is 122 Å². The van der Waals surface area contributed by atoms with E-state index in [2.05, 4.69) is 4.98 Å². The summed E-state index contributed by atoms with van der Waals surface area (Å²) in [4.78, 5) is 4.23. The van der Waals surface area contributed by atoms with Crippen molar-refractivity contribution in [2.75, 3.05) is 0 Å². The van der Waals surface area contributed by atoms with E-state index in [1.807, 2.05) is 24.3 Å². The van der Waals surface area contributed by atoms with Crippen LogP contribution in [-0.4, -0.2) is 4.98 Å². The van der Waals surface area contributed by atoms with Crippen LogP contribution in [0, 0.1) is 0 Å². The van der Waals surface area contributed by atoms with Crippen molar-refractivity contribution in [1.82, 2.24) is 4.98 Å². The Morgan fingerprint density at radius 3 is 2.48 bits per heavy atom. The molecule has 2 aromatic carbocycles. The van der Waals surface area contributed by atoms with Crippen molar-refractivity contribution in [3.63, 3.8) is 0 Å². The minimum atomic E-state index is -4.38. The second-order valence-electron chi connectivity index (χ2n) is 4.39. The van der Waals surface area contributed by atoms with Gasteiger partial charge >= 0.3 is 6.18 Å². The van der Waals surface area contributed by atoms with Crippen molar-refractivity contribution < 1.29 is 17.9 Å². The van der Waals surface area contributed by atoms with Gasteiger partial charge in [-0.2, -0.15) is 13.2 Å². The summed E-state index contributed by atoms with van der Waals surface area (Å²) in [7, 11) is 0. The van der Waals surface area contributed by atoms with Crippen molar-refractivity contribution in [3.8, 4) is 5.19 Å². The van der Waals surface area contributed by atoms with Crippen molar-refractivity contribution in [1.29, 1.82) is 0 Å². The molecule has 0 atom stereocenters. The first-order chi connectivity index (χ1) is 10.0. The average molecular weight is 309 g/mol. The Morgan fingerprint density at radius 2 is 1.71 bits per heavy atom. The maximum atomic E-state index is 12.9. The van der Waals surface area contributed by atoms with E-state index in [0.717, 1.165) is 16.3 Å². The van der Waals surface area contributed by atoms with Crippen LogP contribution in [0.25, 0.3) is 10.2 Å². The van der Waals surface area contributed by atoms with E-state index in [1.54, 1.807) is 6.07 Å². The fourth-order valence-electron chi connectivity index (χ4n) is 1.98. The lowest BCUT2D eigenvalue weighted by Gasteiger charge is -2.12. The summed E-state index contributed by atoms with van der Waals surface area (Å²) >= 11 is 1.32. The van der Waals surface area contributed by atoms with E-state index < -0.39 is 11.7 Å². The molecular weight excluding hydrogens is 299 g/mol. The van der Waals surface area contributed by atoms with Gasteiger partial charge in [0.1, 0.15) is 6.61 Å². The van der Waals surface area contributed by atoms with Crippen LogP contribution in [0.5, 0.6) is 5.19 Å². The standard InChI is InChI=1S/C15H10F3NOS/c16-15(17,18)11-6-2-1-5-10(11)9-20-14-19-12-7-3-4-8-13(12)21-14/h1-8H,9H2. The molecule has 0 aliphatic carbocycles. The number of rotatable bonds is 3. The fourth-order valence-corrected chi connectivity index (χ4v) is 2.79. The summed E-state index contributed by atoms with van der Waals surface area (Å²) in [5, 5.41) is 0.369. The minimum Gasteiger partial charge on any atom is -0.465 e. The van der Waals surface area contributed by atoms with Gasteiger partial charge in [-0.1, -0.05) is 41.7 Å². The third-order valence-corrected chi connectivity index (χ3v) is 3.90. The lowest BCUT2D eigenvalue weighted by molar-refractivity contribution is -0.138. The Kier molecular flexibility index (Phi) is 3.55. The van der Waals surface area contributed by atoms with Gasteiger partial charge in [0.05, 0.1) is 15.8 Å². The second-order valence-corrected chi connectivity index (χ2v) is 5.38. The topological polar surface area (TPSA) is 22.1 Å². The SMILES string of the molecule is FC(F)(F)c1ccccc1COc1nc2ccccc2s1. The fraction of sp³-hybridized carbons (Fsp3) is 0.133. The highest BCUT2D eigenvalue weighted by molar-refractivity contribution is 7.20. The summed E-state index contributed by atoms with van der Waals surface area (Å²) in [6.07, 6.45) is -4.38. The number of hydrogen-bond acceptors (Lipinski definition) is 3. The largest absolute Gasteiger partial charge is 0.465 e. The summed E-state index contributed by atoms with van der Waals surface area (Å²) in [5.74, 6) is 0. The normalized spacial score (nSPS) is 11.8. The van der Waals surface area contributed by atoms with Gasteiger partial charge in [0, 0.05) is 5.56 Å². The first-order valence-corrected chi connectivity index (χ1v) is 6.99. The average Bonchev–Trinajstić information content (AvgIpc) is 2.87. The maximum Gasteiger partial charge on any atom is 0.416 e. The molecule has 108 valence electrons. The van der Waals surface area contributed by atoms with Gasteiger partial charge in [0.2, 0.25) is 0 Å². The molecule has 1 aromatic heterocycles. The molecule has 6 heteroatoms. The molecule has 3 rings (SSSR count). The molecule has 0 spiro atoms. The van der Waals surface area contributed by atoms with E-state index in [-0.39, 0.29) is 12.2 Å². The molecule has 3 aromatic rings. The Balaban J connectivity index is 1.82. The first kappa shape index (κ1) is 13.9. The van der Waals surface area contributed by atoms with Crippen LogP contribution in [0.1, 0.15) is 11.1 Å². The summed E-state index contributed by atoms with van der Waals surface area (Å²) in [6, 6.07) is 12.9. The van der Waals surface area contributed by atoms with Gasteiger partial charge in [-0.15, -0.1) is 0 Å². The highest BCUT2D eigenvalue weighted by Crippen LogP contribution is 2.33. The zero-order valence-electron chi connectivity index (χ0n) is 10.7. The minimum absolute atomic E-state index is 0.101. The molecule has 0 N–H and O–H groups in total. The molecule has 0 saturated carbocycles. The first-order valence-electron chi connectivity index (χ1n) is 6.17. The number of benzene rings is 2. The van der Waals surface area contributed by atoms with E-state index >= 15 is 0 Å². The van der Waals surface area contributed by atoms with E-state index in [4.69, 9.17) is 4.74 Å². The van der Waals surface area contributed by atoms with Gasteiger partial charge in [-0.3, -0.25) is 0 Å². The molecule has 21 heavy (non-hydrogen) atoms. The Bertz CT molecular complexity index is 734. The molecule has 2 nitrogen and oxygen atoms in total. The van der Waals surface area contributed by atoms with Crippen LogP contribution in [-0.2, 0) is 12.8 Å². The van der Waals surface area contributed by atoms with Crippen LogP contribution >= 0.6 is 11.3 Å². The van der Waals surface area contributed by atoms with Crippen molar-refractivity contribution in [2.24, 2.45) is 0 Å². The quantitative estimate of drug-likeness (QED) is 0.687. The molecule has 0 aliphatic heterocycles. The number of nitrogens with zero attached hydrogens (tertiary/aromatic N) is 1. The predicted octanol–water partition coefficient (Wildman–Crippen LogP) is 4.89. The molecule has 0 saturated heterocycles. The van der Waals surface area contributed by atoms with Gasteiger partial charge < -0.3 is 4.74 Å². The number of alkyl halides is 3. The van der Waals surface area contributed by atoms with Crippen LogP contribution < -0.4 is 4.74 Å². The van der Waals surface area contributed by atoms with E-state index in [1.165, 1.54) is 23.5 Å². The number of halogens is 3. The van der Waals surface area contributed by atoms with Crippen LogP contribution in [0.15, 0.2) is 48.5 Å². The van der Waals surface area contributed by atoms with Gasteiger partial charge in [0.25, 0.3) is 5.19 Å². The molecule has 0 radical (unpaired) electrons. The molecule has 0 aliphatic rings. The number of para-hydroxylation sites is 1. The number of ether oxygens (including phenoxy) is 1. The molecule has 0 amide bonds. The Morgan fingerprint density at radius 1 is 1.00 bits per heavy atom. The second kappa shape index (κ2) is 5.37. The van der Waals surface area contributed by atoms with Crippen molar-refractivity contribution >= 4 is 21.6 Å². The van der Waals surface area contributed by atoms with Crippen molar-refractivity contribution in [3.05, 3.63) is 59.7 Å². The van der Waals surface area contributed by atoms with E-state index in [9.17, 15) is 13.2 Å². The van der Waals surface area contributed by atoms with Crippen LogP contribution in [0.3, 0.4) is 0 Å². The molecular formula is C15H10F3NOS. The molecule has 0 fully saturated rings. The van der Waals surface area contributed by atoms with Crippen molar-refractivity contribution in [2.45, 2.75) is 12.8 Å². The lowest BCUT2D eigenvalue weighted by atomic mass is 10.1. The smallest absolute Gasteiger partial charge is 0.416 e. The molecule has 0 bridgehead atoms. The summed E-state index contributed by atoms with van der Waals surface area (Å²) < 4.78 is 45.0. The number of thiazole rings is 1. The third kappa shape index (κ3) is 3.00. The number of hydrogen-bond donors (Lipinski definition) is 0. The highest BCUT2D eigenvalue weighted by atomic mass is 32.1. The third-order valence-electron chi connectivity index (χ3n) is 2.95. The molecule has 0 unspecified atom stereocenters. The van der Waals surface area contributed by atoms with E-state index in [0.29, 0.717) is 5.19 Å². The number of aromatic nitrogens is 1. The Hall–Kier alpha value is -2.08. The molecule has 1 heterocycles. The van der Waals surface area contributed by atoms with Gasteiger partial charge in [-0.05, 0) is 18.2 Å². The zero-order chi connectivity index (χ0) is 14.9. The number of fused-ring (bicyclic) bond motifs is 1. The van der Waals surface area contributed by atoms with Gasteiger partial charge in [-0.25, -0.2) is 4.98 Å². The zero-order valence-corrected chi connectivity index (χ0v) is 11.5. The van der Waals surface area contributed by atoms with Crippen LogP contribution in [0.4, 0.5) is 13.2 Å². The lowest BCUT2D eigenvalue weighted by Crippen LogP contribution is -2.10. The van der Waals surface area contributed by atoms with Crippen LogP contribution in [0.2, 0.25) is 0 Å². The predicted molar refractivity (Wildman–Crippen MR) is 75.4 cm³/mol. The van der Waals surface area contributed by atoms with Gasteiger partial charge in [0.15, 0.2) is 0 Å². The maximum absolute atomic E-state index is 12.9.